The van der Waals surface area contributed by atoms with E-state index in [1.54, 1.807) is 0 Å². The number of hydrogen-bond donors (Lipinski definition) is 1. The number of benzene rings is 1. The number of amides is 2. The first-order valence-electron chi connectivity index (χ1n) is 5.06. The Balaban J connectivity index is 2.48. The van der Waals surface area contributed by atoms with Crippen LogP contribution in [0.3, 0.4) is 0 Å². The van der Waals surface area contributed by atoms with Gasteiger partial charge in [0.1, 0.15) is 4.83 Å². The van der Waals surface area contributed by atoms with Gasteiger partial charge in [-0.15, -0.1) is 0 Å². The van der Waals surface area contributed by atoms with E-state index in [-0.39, 0.29) is 11.8 Å². The molecule has 0 aromatic heterocycles. The third kappa shape index (κ3) is 1.78. The smallest absolute Gasteiger partial charge is 0.241 e. The average Bonchev–Trinajstić information content (AvgIpc) is 2.46. The summed E-state index contributed by atoms with van der Waals surface area (Å²) in [7, 11) is 0. The van der Waals surface area contributed by atoms with E-state index >= 15 is 0 Å². The van der Waals surface area contributed by atoms with Crippen LogP contribution in [0.25, 0.3) is 0 Å². The van der Waals surface area contributed by atoms with E-state index in [4.69, 9.17) is 0 Å². The number of hydrogen-bond acceptors (Lipinski definition) is 2. The van der Waals surface area contributed by atoms with Gasteiger partial charge in [0.05, 0.1) is 5.92 Å². The van der Waals surface area contributed by atoms with Gasteiger partial charge in [-0.3, -0.25) is 14.9 Å². The highest BCUT2D eigenvalue weighted by atomic mass is 79.9. The Morgan fingerprint density at radius 3 is 2.44 bits per heavy atom. The molecule has 2 atom stereocenters. The number of carbonyl (C=O) groups is 2. The van der Waals surface area contributed by atoms with Crippen LogP contribution in [-0.2, 0) is 9.59 Å². The van der Waals surface area contributed by atoms with Gasteiger partial charge in [0.15, 0.2) is 0 Å². The molecule has 1 aromatic rings. The maximum absolute atomic E-state index is 11.7. The van der Waals surface area contributed by atoms with Gasteiger partial charge in [-0.05, 0) is 25.0 Å². The second-order valence-corrected chi connectivity index (χ2v) is 5.08. The van der Waals surface area contributed by atoms with Crippen LogP contribution in [0, 0.1) is 13.8 Å². The maximum Gasteiger partial charge on any atom is 0.241 e. The molecule has 1 fully saturated rings. The first kappa shape index (κ1) is 11.3. The van der Waals surface area contributed by atoms with Crippen LogP contribution in [0.2, 0.25) is 0 Å². The number of carbonyl (C=O) groups excluding carboxylic acids is 2. The van der Waals surface area contributed by atoms with Crippen molar-refractivity contribution in [2.45, 2.75) is 24.6 Å². The van der Waals surface area contributed by atoms with Crippen molar-refractivity contribution in [2.24, 2.45) is 0 Å². The summed E-state index contributed by atoms with van der Waals surface area (Å²) >= 11 is 3.27. The Morgan fingerprint density at radius 1 is 1.19 bits per heavy atom. The van der Waals surface area contributed by atoms with Gasteiger partial charge in [0.25, 0.3) is 0 Å². The second kappa shape index (κ2) is 4.01. The molecular formula is C12H12BrNO2. The van der Waals surface area contributed by atoms with Crippen molar-refractivity contribution in [3.8, 4) is 0 Å². The Kier molecular flexibility index (Phi) is 2.84. The van der Waals surface area contributed by atoms with Crippen molar-refractivity contribution >= 4 is 27.7 Å². The Labute approximate surface area is 102 Å². The van der Waals surface area contributed by atoms with Crippen molar-refractivity contribution in [3.63, 3.8) is 0 Å². The van der Waals surface area contributed by atoms with Crippen molar-refractivity contribution in [1.29, 1.82) is 0 Å². The molecule has 3 nitrogen and oxygen atoms in total. The third-order valence-electron chi connectivity index (χ3n) is 2.84. The topological polar surface area (TPSA) is 46.2 Å². The molecule has 84 valence electrons. The van der Waals surface area contributed by atoms with Crippen molar-refractivity contribution in [2.75, 3.05) is 0 Å². The highest BCUT2D eigenvalue weighted by molar-refractivity contribution is 9.10. The van der Waals surface area contributed by atoms with E-state index in [9.17, 15) is 9.59 Å². The van der Waals surface area contributed by atoms with Crippen LogP contribution >= 0.6 is 15.9 Å². The average molecular weight is 282 g/mol. The fourth-order valence-corrected chi connectivity index (χ4v) is 2.59. The Bertz CT molecular complexity index is 470. The molecule has 4 heteroatoms. The van der Waals surface area contributed by atoms with Gasteiger partial charge in [-0.2, -0.15) is 0 Å². The monoisotopic (exact) mass is 281 g/mol. The molecule has 0 bridgehead atoms. The van der Waals surface area contributed by atoms with Crippen LogP contribution < -0.4 is 5.32 Å². The molecule has 1 N–H and O–H groups in total. The van der Waals surface area contributed by atoms with Gasteiger partial charge in [0, 0.05) is 0 Å². The fourth-order valence-electron chi connectivity index (χ4n) is 1.95. The van der Waals surface area contributed by atoms with Gasteiger partial charge in [-0.25, -0.2) is 0 Å². The third-order valence-corrected chi connectivity index (χ3v) is 3.79. The van der Waals surface area contributed by atoms with Crippen LogP contribution in [-0.4, -0.2) is 16.6 Å². The molecule has 1 aromatic carbocycles. The van der Waals surface area contributed by atoms with Crippen LogP contribution in [0.4, 0.5) is 0 Å². The summed E-state index contributed by atoms with van der Waals surface area (Å²) in [5.74, 6) is -0.885. The van der Waals surface area contributed by atoms with Gasteiger partial charge in [0.2, 0.25) is 11.8 Å². The minimum atomic E-state index is -0.458. The summed E-state index contributed by atoms with van der Waals surface area (Å²) in [6.45, 7) is 3.92. The van der Waals surface area contributed by atoms with E-state index in [1.807, 2.05) is 32.0 Å². The molecular weight excluding hydrogens is 270 g/mol. The molecule has 2 rings (SSSR count). The highest BCUT2D eigenvalue weighted by Gasteiger charge is 2.41. The zero-order valence-corrected chi connectivity index (χ0v) is 10.7. The standard InChI is InChI=1S/C12H12BrNO2/c1-6-3-4-7(2)8(5-6)9-10(13)12(16)14-11(9)15/h3-5,9-10H,1-2H3,(H,14,15,16). The zero-order valence-electron chi connectivity index (χ0n) is 9.08. The highest BCUT2D eigenvalue weighted by Crippen LogP contribution is 2.32. The van der Waals surface area contributed by atoms with E-state index in [0.717, 1.165) is 16.7 Å². The lowest BCUT2D eigenvalue weighted by atomic mass is 9.92. The Hall–Kier alpha value is -1.16. The molecule has 1 aliphatic rings. The summed E-state index contributed by atoms with van der Waals surface area (Å²) in [6.07, 6.45) is 0. The summed E-state index contributed by atoms with van der Waals surface area (Å²) in [5.41, 5.74) is 3.04. The largest absolute Gasteiger partial charge is 0.295 e. The molecule has 1 saturated heterocycles. The van der Waals surface area contributed by atoms with Crippen molar-refractivity contribution in [1.82, 2.24) is 5.32 Å². The number of halogens is 1. The minimum Gasteiger partial charge on any atom is -0.295 e. The second-order valence-electron chi connectivity index (χ2n) is 4.09. The number of imide groups is 1. The van der Waals surface area contributed by atoms with Gasteiger partial charge in [-0.1, -0.05) is 39.7 Å². The van der Waals surface area contributed by atoms with E-state index < -0.39 is 10.7 Å². The van der Waals surface area contributed by atoms with Crippen molar-refractivity contribution < 1.29 is 9.59 Å². The first-order valence-corrected chi connectivity index (χ1v) is 5.98. The predicted molar refractivity (Wildman–Crippen MR) is 64.5 cm³/mol. The molecule has 2 amide bonds. The normalized spacial score (nSPS) is 24.7. The summed E-state index contributed by atoms with van der Waals surface area (Å²) in [4.78, 5) is 22.6. The number of alkyl halides is 1. The lowest BCUT2D eigenvalue weighted by Gasteiger charge is -2.14. The van der Waals surface area contributed by atoms with Gasteiger partial charge < -0.3 is 0 Å². The quantitative estimate of drug-likeness (QED) is 0.630. The van der Waals surface area contributed by atoms with Crippen LogP contribution in [0.15, 0.2) is 18.2 Å². The van der Waals surface area contributed by atoms with E-state index in [2.05, 4.69) is 21.2 Å². The predicted octanol–water partition coefficient (Wildman–Crippen LogP) is 1.81. The molecule has 1 heterocycles. The SMILES string of the molecule is Cc1ccc(C)c(C2C(=O)NC(=O)C2Br)c1. The fraction of sp³-hybridized carbons (Fsp3) is 0.333. The zero-order chi connectivity index (χ0) is 11.9. The van der Waals surface area contributed by atoms with Crippen LogP contribution in [0.5, 0.6) is 0 Å². The Morgan fingerprint density at radius 2 is 1.88 bits per heavy atom. The summed E-state index contributed by atoms with van der Waals surface area (Å²) in [6, 6.07) is 5.93. The van der Waals surface area contributed by atoms with Crippen molar-refractivity contribution in [3.05, 3.63) is 34.9 Å². The molecule has 2 unspecified atom stereocenters. The van der Waals surface area contributed by atoms with Crippen LogP contribution in [0.1, 0.15) is 22.6 Å². The molecule has 1 aliphatic heterocycles. The number of rotatable bonds is 1. The minimum absolute atomic E-state index is 0.222. The number of aryl methyl sites for hydroxylation is 2. The van der Waals surface area contributed by atoms with Gasteiger partial charge >= 0.3 is 0 Å². The molecule has 0 aliphatic carbocycles. The maximum atomic E-state index is 11.7. The molecule has 0 spiro atoms. The lowest BCUT2D eigenvalue weighted by Crippen LogP contribution is -2.22. The first-order chi connectivity index (χ1) is 7.50. The van der Waals surface area contributed by atoms with E-state index in [1.165, 1.54) is 0 Å². The molecule has 0 radical (unpaired) electrons. The lowest BCUT2D eigenvalue weighted by molar-refractivity contribution is -0.125. The molecule has 0 saturated carbocycles. The summed E-state index contributed by atoms with van der Waals surface area (Å²) in [5, 5.41) is 2.34. The molecule has 16 heavy (non-hydrogen) atoms. The van der Waals surface area contributed by atoms with E-state index in [0.29, 0.717) is 0 Å². The number of nitrogens with one attached hydrogen (secondary N) is 1. The summed E-state index contributed by atoms with van der Waals surface area (Å²) < 4.78 is 0.